The molecule has 106 valence electrons. The van der Waals surface area contributed by atoms with Crippen molar-refractivity contribution < 1.29 is 4.74 Å². The van der Waals surface area contributed by atoms with Gasteiger partial charge in [0, 0.05) is 31.2 Å². The van der Waals surface area contributed by atoms with Gasteiger partial charge in [-0.25, -0.2) is 4.98 Å². The van der Waals surface area contributed by atoms with Gasteiger partial charge in [-0.2, -0.15) is 0 Å². The summed E-state index contributed by atoms with van der Waals surface area (Å²) in [7, 11) is 1.88. The fraction of sp³-hybridized carbons (Fsp3) is 0.333. The van der Waals surface area contributed by atoms with Gasteiger partial charge in [-0.05, 0) is 43.1 Å². The fourth-order valence-corrected chi connectivity index (χ4v) is 2.04. The first-order valence-electron chi connectivity index (χ1n) is 6.60. The van der Waals surface area contributed by atoms with E-state index in [1.807, 2.05) is 25.2 Å². The number of aromatic nitrogens is 2. The predicted octanol–water partition coefficient (Wildman–Crippen LogP) is 2.86. The minimum absolute atomic E-state index is 0.620. The molecule has 0 unspecified atom stereocenters. The molecule has 1 N–H and O–H groups in total. The van der Waals surface area contributed by atoms with E-state index in [1.165, 1.54) is 5.56 Å². The van der Waals surface area contributed by atoms with Crippen molar-refractivity contribution in [3.63, 3.8) is 0 Å². The molecule has 0 spiro atoms. The Hall–Kier alpha value is -1.65. The molecule has 0 aliphatic carbocycles. The Kier molecular flexibility index (Phi) is 5.77. The van der Waals surface area contributed by atoms with Crippen molar-refractivity contribution in [1.29, 1.82) is 0 Å². The summed E-state index contributed by atoms with van der Waals surface area (Å²) in [5.74, 6) is 0.620. The molecule has 0 aliphatic heterocycles. The second-order valence-corrected chi connectivity index (χ2v) is 4.86. The van der Waals surface area contributed by atoms with Gasteiger partial charge in [-0.3, -0.25) is 4.98 Å². The lowest BCUT2D eigenvalue weighted by atomic mass is 10.1. The fourth-order valence-electron chi connectivity index (χ4n) is 1.87. The van der Waals surface area contributed by atoms with E-state index in [-0.39, 0.29) is 0 Å². The number of aryl methyl sites for hydroxylation is 1. The number of ether oxygens (including phenoxy) is 1. The smallest absolute Gasteiger partial charge is 0.213 e. The van der Waals surface area contributed by atoms with Crippen molar-refractivity contribution in [3.8, 4) is 5.88 Å². The van der Waals surface area contributed by atoms with E-state index in [0.29, 0.717) is 24.1 Å². The zero-order chi connectivity index (χ0) is 14.2. The molecule has 20 heavy (non-hydrogen) atoms. The highest BCUT2D eigenvalue weighted by molar-refractivity contribution is 6.31. The Morgan fingerprint density at radius 3 is 2.85 bits per heavy atom. The van der Waals surface area contributed by atoms with E-state index < -0.39 is 0 Å². The van der Waals surface area contributed by atoms with Crippen LogP contribution in [0.3, 0.4) is 0 Å². The lowest BCUT2D eigenvalue weighted by Crippen LogP contribution is -2.07. The average Bonchev–Trinajstić information content (AvgIpc) is 2.48. The van der Waals surface area contributed by atoms with Gasteiger partial charge in [0.2, 0.25) is 5.88 Å². The summed E-state index contributed by atoms with van der Waals surface area (Å²) < 4.78 is 5.66. The summed E-state index contributed by atoms with van der Waals surface area (Å²) in [4.78, 5) is 8.17. The van der Waals surface area contributed by atoms with Crippen molar-refractivity contribution in [2.24, 2.45) is 0 Å². The third kappa shape index (κ3) is 4.47. The van der Waals surface area contributed by atoms with Crippen LogP contribution in [0.15, 0.2) is 36.8 Å². The van der Waals surface area contributed by atoms with Crippen LogP contribution in [0.25, 0.3) is 0 Å². The largest absolute Gasteiger partial charge is 0.478 e. The van der Waals surface area contributed by atoms with E-state index in [2.05, 4.69) is 15.3 Å². The van der Waals surface area contributed by atoms with Gasteiger partial charge < -0.3 is 10.1 Å². The molecule has 4 nitrogen and oxygen atoms in total. The minimum atomic E-state index is 0.620. The molecule has 0 atom stereocenters. The summed E-state index contributed by atoms with van der Waals surface area (Å²) in [5, 5.41) is 3.72. The van der Waals surface area contributed by atoms with Crippen molar-refractivity contribution in [2.45, 2.75) is 19.4 Å². The van der Waals surface area contributed by atoms with Crippen LogP contribution in [0.2, 0.25) is 5.02 Å². The molecule has 0 aliphatic rings. The molecule has 5 heteroatoms. The Morgan fingerprint density at radius 2 is 2.10 bits per heavy atom. The molecular weight excluding hydrogens is 274 g/mol. The van der Waals surface area contributed by atoms with E-state index in [0.717, 1.165) is 18.4 Å². The molecule has 0 saturated carbocycles. The van der Waals surface area contributed by atoms with Crippen LogP contribution in [0.1, 0.15) is 17.5 Å². The minimum Gasteiger partial charge on any atom is -0.478 e. The van der Waals surface area contributed by atoms with Crippen LogP contribution in [0.5, 0.6) is 5.88 Å². The van der Waals surface area contributed by atoms with Crippen molar-refractivity contribution in [1.82, 2.24) is 15.3 Å². The first-order valence-corrected chi connectivity index (χ1v) is 6.98. The molecule has 2 aromatic rings. The van der Waals surface area contributed by atoms with Gasteiger partial charge >= 0.3 is 0 Å². The van der Waals surface area contributed by atoms with Crippen LogP contribution in [-0.2, 0) is 13.0 Å². The Balaban J connectivity index is 1.80. The summed E-state index contributed by atoms with van der Waals surface area (Å²) in [6.07, 6.45) is 7.16. The van der Waals surface area contributed by atoms with Crippen molar-refractivity contribution in [2.75, 3.05) is 13.7 Å². The lowest BCUT2D eigenvalue weighted by Gasteiger charge is -2.08. The number of nitrogens with zero attached hydrogens (tertiary/aromatic N) is 2. The van der Waals surface area contributed by atoms with E-state index in [9.17, 15) is 0 Å². The first-order chi connectivity index (χ1) is 9.79. The summed E-state index contributed by atoms with van der Waals surface area (Å²) in [5.41, 5.74) is 2.26. The lowest BCUT2D eigenvalue weighted by molar-refractivity contribution is 0.299. The summed E-state index contributed by atoms with van der Waals surface area (Å²) in [6.45, 7) is 1.34. The molecule has 0 bridgehead atoms. The summed E-state index contributed by atoms with van der Waals surface area (Å²) in [6, 6.07) is 5.92. The second-order valence-electron chi connectivity index (χ2n) is 4.45. The SMILES string of the molecule is CNCc1cc(OCCCc2ccncc2)ncc1Cl. The quantitative estimate of drug-likeness (QED) is 0.797. The molecule has 0 radical (unpaired) electrons. The molecule has 0 aromatic carbocycles. The predicted molar refractivity (Wildman–Crippen MR) is 80.1 cm³/mol. The van der Waals surface area contributed by atoms with Gasteiger partial charge in [0.1, 0.15) is 0 Å². The molecule has 2 rings (SSSR count). The average molecular weight is 292 g/mol. The molecule has 2 aromatic heterocycles. The monoisotopic (exact) mass is 291 g/mol. The van der Waals surface area contributed by atoms with Gasteiger partial charge in [0.05, 0.1) is 11.6 Å². The normalized spacial score (nSPS) is 10.5. The van der Waals surface area contributed by atoms with Crippen LogP contribution in [0, 0.1) is 0 Å². The van der Waals surface area contributed by atoms with E-state index >= 15 is 0 Å². The Labute approximate surface area is 124 Å². The zero-order valence-electron chi connectivity index (χ0n) is 11.5. The first kappa shape index (κ1) is 14.8. The number of nitrogens with one attached hydrogen (secondary N) is 1. The number of rotatable bonds is 7. The maximum atomic E-state index is 6.05. The third-order valence-corrected chi connectivity index (χ3v) is 3.23. The standard InChI is InChI=1S/C15H18ClN3O/c1-17-10-13-9-15(19-11-14(13)16)20-8-2-3-12-4-6-18-7-5-12/h4-7,9,11,17H,2-3,8,10H2,1H3. The molecule has 0 amide bonds. The zero-order valence-corrected chi connectivity index (χ0v) is 12.2. The van der Waals surface area contributed by atoms with Gasteiger partial charge in [0.15, 0.2) is 0 Å². The Bertz CT molecular complexity index is 534. The van der Waals surface area contributed by atoms with Crippen LogP contribution in [0.4, 0.5) is 0 Å². The molecule has 0 saturated heterocycles. The van der Waals surface area contributed by atoms with Crippen LogP contribution >= 0.6 is 11.6 Å². The highest BCUT2D eigenvalue weighted by Crippen LogP contribution is 2.19. The molecule has 2 heterocycles. The number of hydrogen-bond acceptors (Lipinski definition) is 4. The molecule has 0 fully saturated rings. The van der Waals surface area contributed by atoms with Gasteiger partial charge in [-0.15, -0.1) is 0 Å². The van der Waals surface area contributed by atoms with Gasteiger partial charge in [0.25, 0.3) is 0 Å². The maximum Gasteiger partial charge on any atom is 0.213 e. The number of hydrogen-bond donors (Lipinski definition) is 1. The Morgan fingerprint density at radius 1 is 1.30 bits per heavy atom. The van der Waals surface area contributed by atoms with Gasteiger partial charge in [-0.1, -0.05) is 11.6 Å². The van der Waals surface area contributed by atoms with Crippen LogP contribution < -0.4 is 10.1 Å². The third-order valence-electron chi connectivity index (χ3n) is 2.89. The van der Waals surface area contributed by atoms with Crippen molar-refractivity contribution in [3.05, 3.63) is 52.9 Å². The van der Waals surface area contributed by atoms with Crippen LogP contribution in [-0.4, -0.2) is 23.6 Å². The summed E-state index contributed by atoms with van der Waals surface area (Å²) >= 11 is 6.05. The van der Waals surface area contributed by atoms with E-state index in [4.69, 9.17) is 16.3 Å². The topological polar surface area (TPSA) is 47.0 Å². The number of halogens is 1. The highest BCUT2D eigenvalue weighted by atomic mass is 35.5. The number of pyridine rings is 2. The van der Waals surface area contributed by atoms with Crippen molar-refractivity contribution >= 4 is 11.6 Å². The maximum absolute atomic E-state index is 6.05. The van der Waals surface area contributed by atoms with E-state index in [1.54, 1.807) is 18.6 Å². The highest BCUT2D eigenvalue weighted by Gasteiger charge is 2.03. The molecular formula is C15H18ClN3O. The second kappa shape index (κ2) is 7.82.